The molecule has 0 unspecified atom stereocenters. The van der Waals surface area contributed by atoms with Crippen LogP contribution in [0.15, 0.2) is 88.8 Å². The number of nitrogens with zero attached hydrogens (tertiary/aromatic N) is 4. The van der Waals surface area contributed by atoms with Gasteiger partial charge in [0.2, 0.25) is 0 Å². The van der Waals surface area contributed by atoms with E-state index in [2.05, 4.69) is 10.1 Å². The summed E-state index contributed by atoms with van der Waals surface area (Å²) in [6.45, 7) is 5.11. The Morgan fingerprint density at radius 3 is 2.40 bits per heavy atom. The normalized spacial score (nSPS) is 11.8. The van der Waals surface area contributed by atoms with Gasteiger partial charge < -0.3 is 9.30 Å². The summed E-state index contributed by atoms with van der Waals surface area (Å²) >= 11 is 0. The molecule has 0 spiro atoms. The first kappa shape index (κ1) is 26.6. The predicted molar refractivity (Wildman–Crippen MR) is 146 cm³/mol. The number of esters is 1. The monoisotopic (exact) mass is 544 g/mol. The fraction of sp³-hybridized carbons (Fsp3) is 0.133. The van der Waals surface area contributed by atoms with E-state index in [1.807, 2.05) is 36.6 Å². The van der Waals surface area contributed by atoms with Gasteiger partial charge >= 0.3 is 12.1 Å². The third-order valence-corrected chi connectivity index (χ3v) is 6.34. The Balaban J connectivity index is 1.60. The van der Waals surface area contributed by atoms with Crippen molar-refractivity contribution in [1.82, 2.24) is 14.2 Å². The van der Waals surface area contributed by atoms with Gasteiger partial charge in [-0.1, -0.05) is 24.3 Å². The van der Waals surface area contributed by atoms with Crippen LogP contribution in [-0.2, 0) is 11.0 Å². The predicted octanol–water partition coefficient (Wildman–Crippen LogP) is 6.30. The Morgan fingerprint density at radius 1 is 0.975 bits per heavy atom. The van der Waals surface area contributed by atoms with E-state index in [1.165, 1.54) is 25.3 Å². The number of rotatable bonds is 5. The average Bonchev–Trinajstić information content (AvgIpc) is 3.20. The van der Waals surface area contributed by atoms with Gasteiger partial charge in [-0.3, -0.25) is 9.59 Å². The molecule has 0 saturated heterocycles. The molecule has 0 aliphatic carbocycles. The van der Waals surface area contributed by atoms with Crippen LogP contribution in [0.1, 0.15) is 29.4 Å². The summed E-state index contributed by atoms with van der Waals surface area (Å²) in [5.74, 6) is -0.00536. The lowest BCUT2D eigenvalue weighted by Gasteiger charge is -2.12. The highest BCUT2D eigenvalue weighted by atomic mass is 19.4. The quantitative estimate of drug-likeness (QED) is 0.148. The number of hydrogen-bond acceptors (Lipinski definition) is 5. The van der Waals surface area contributed by atoms with Crippen LogP contribution in [0, 0.1) is 13.8 Å². The number of benzene rings is 3. The van der Waals surface area contributed by atoms with Crippen molar-refractivity contribution in [2.24, 2.45) is 5.10 Å². The van der Waals surface area contributed by atoms with E-state index in [9.17, 15) is 22.8 Å². The van der Waals surface area contributed by atoms with Gasteiger partial charge in [0.05, 0.1) is 22.7 Å². The number of carbonyl (C=O) groups excluding carboxylic acids is 1. The second-order valence-electron chi connectivity index (χ2n) is 9.14. The van der Waals surface area contributed by atoms with Gasteiger partial charge in [0, 0.05) is 35.1 Å². The van der Waals surface area contributed by atoms with E-state index in [-0.39, 0.29) is 16.8 Å². The molecule has 40 heavy (non-hydrogen) atoms. The molecule has 0 aliphatic rings. The second kappa shape index (κ2) is 10.3. The van der Waals surface area contributed by atoms with Crippen LogP contribution in [0.3, 0.4) is 0 Å². The van der Waals surface area contributed by atoms with Crippen molar-refractivity contribution in [3.63, 3.8) is 0 Å². The standard InChI is InChI=1S/C30H23F3N4O3/c1-18-15-22(19(2)36(18)24-11-13-25(14-12-24)40-20(3)38)17-34-37-28(21-7-6-8-23(16-21)30(31,32)33)35-27-10-5-4-9-26(27)29(37)39/h4-17H,1-3H3. The van der Waals surface area contributed by atoms with Crippen molar-refractivity contribution in [2.45, 2.75) is 26.9 Å². The molecule has 0 bridgehead atoms. The molecule has 0 amide bonds. The molecular weight excluding hydrogens is 521 g/mol. The first-order chi connectivity index (χ1) is 19.0. The molecule has 5 aromatic rings. The minimum absolute atomic E-state index is 0.0130. The Kier molecular flexibility index (Phi) is 6.85. The average molecular weight is 545 g/mol. The largest absolute Gasteiger partial charge is 0.427 e. The van der Waals surface area contributed by atoms with Crippen LogP contribution in [0.25, 0.3) is 28.0 Å². The molecule has 202 valence electrons. The van der Waals surface area contributed by atoms with Crippen LogP contribution in [0.4, 0.5) is 13.2 Å². The molecule has 0 N–H and O–H groups in total. The Labute approximate surface area is 226 Å². The SMILES string of the molecule is CC(=O)Oc1ccc(-n2c(C)cc(C=Nn3c(-c4cccc(C(F)(F)F)c4)nc4ccccc4c3=O)c2C)cc1. The molecule has 0 saturated carbocycles. The summed E-state index contributed by atoms with van der Waals surface area (Å²) in [4.78, 5) is 29.2. The molecule has 0 atom stereocenters. The summed E-state index contributed by atoms with van der Waals surface area (Å²) in [6, 6.07) is 20.1. The first-order valence-corrected chi connectivity index (χ1v) is 12.2. The molecule has 0 radical (unpaired) electrons. The Hall–Kier alpha value is -4.99. The molecule has 2 heterocycles. The third kappa shape index (κ3) is 5.15. The number of hydrogen-bond donors (Lipinski definition) is 0. The van der Waals surface area contributed by atoms with Crippen LogP contribution in [0.5, 0.6) is 5.75 Å². The third-order valence-electron chi connectivity index (χ3n) is 6.34. The zero-order chi connectivity index (χ0) is 28.6. The lowest BCUT2D eigenvalue weighted by atomic mass is 10.1. The summed E-state index contributed by atoms with van der Waals surface area (Å²) in [5.41, 5.74) is 2.28. The number of ether oxygens (including phenoxy) is 1. The zero-order valence-electron chi connectivity index (χ0n) is 21.7. The number of aromatic nitrogens is 3. The summed E-state index contributed by atoms with van der Waals surface area (Å²) in [7, 11) is 0. The number of aryl methyl sites for hydroxylation is 1. The van der Waals surface area contributed by atoms with Gasteiger partial charge in [-0.05, 0) is 68.4 Å². The molecule has 2 aromatic heterocycles. The highest BCUT2D eigenvalue weighted by Gasteiger charge is 2.31. The maximum atomic E-state index is 13.5. The van der Waals surface area contributed by atoms with Crippen LogP contribution >= 0.6 is 0 Å². The Morgan fingerprint density at radius 2 is 1.70 bits per heavy atom. The van der Waals surface area contributed by atoms with Crippen LogP contribution < -0.4 is 10.3 Å². The lowest BCUT2D eigenvalue weighted by Crippen LogP contribution is -2.20. The van der Waals surface area contributed by atoms with E-state index in [0.717, 1.165) is 33.9 Å². The highest BCUT2D eigenvalue weighted by molar-refractivity contribution is 5.83. The lowest BCUT2D eigenvalue weighted by molar-refractivity contribution is -0.137. The van der Waals surface area contributed by atoms with Crippen molar-refractivity contribution >= 4 is 23.1 Å². The minimum atomic E-state index is -4.56. The van der Waals surface area contributed by atoms with E-state index >= 15 is 0 Å². The van der Waals surface area contributed by atoms with Crippen molar-refractivity contribution in [3.05, 3.63) is 112 Å². The van der Waals surface area contributed by atoms with Crippen molar-refractivity contribution in [1.29, 1.82) is 0 Å². The maximum absolute atomic E-state index is 13.5. The van der Waals surface area contributed by atoms with Gasteiger partial charge in [0.1, 0.15) is 5.75 Å². The molecule has 3 aromatic carbocycles. The fourth-order valence-electron chi connectivity index (χ4n) is 4.52. The number of carbonyl (C=O) groups is 1. The van der Waals surface area contributed by atoms with Gasteiger partial charge in [0.15, 0.2) is 5.82 Å². The molecule has 0 fully saturated rings. The van der Waals surface area contributed by atoms with Gasteiger partial charge in [-0.25, -0.2) is 4.98 Å². The van der Waals surface area contributed by atoms with Crippen LogP contribution in [0.2, 0.25) is 0 Å². The maximum Gasteiger partial charge on any atom is 0.416 e. The van der Waals surface area contributed by atoms with Crippen molar-refractivity contribution in [3.8, 4) is 22.8 Å². The number of fused-ring (bicyclic) bond motifs is 1. The molecule has 5 rings (SSSR count). The number of halogens is 3. The molecule has 10 heteroatoms. The molecule has 0 aliphatic heterocycles. The first-order valence-electron chi connectivity index (χ1n) is 12.2. The van der Waals surface area contributed by atoms with Crippen molar-refractivity contribution in [2.75, 3.05) is 0 Å². The topological polar surface area (TPSA) is 78.5 Å². The summed E-state index contributed by atoms with van der Waals surface area (Å²) in [5, 5.41) is 4.70. The van der Waals surface area contributed by atoms with Crippen molar-refractivity contribution < 1.29 is 22.7 Å². The Bertz CT molecular complexity index is 1830. The smallest absolute Gasteiger partial charge is 0.416 e. The number of alkyl halides is 3. The molecular formula is C30H23F3N4O3. The fourth-order valence-corrected chi connectivity index (χ4v) is 4.52. The highest BCUT2D eigenvalue weighted by Crippen LogP contribution is 2.32. The van der Waals surface area contributed by atoms with Gasteiger partial charge in [0.25, 0.3) is 5.56 Å². The second-order valence-corrected chi connectivity index (χ2v) is 9.14. The van der Waals surface area contributed by atoms with E-state index in [0.29, 0.717) is 16.8 Å². The van der Waals surface area contributed by atoms with E-state index < -0.39 is 23.3 Å². The minimum Gasteiger partial charge on any atom is -0.427 e. The van der Waals surface area contributed by atoms with Gasteiger partial charge in [-0.15, -0.1) is 0 Å². The summed E-state index contributed by atoms with van der Waals surface area (Å²) < 4.78 is 48.4. The van der Waals surface area contributed by atoms with Crippen LogP contribution in [-0.4, -0.2) is 26.4 Å². The van der Waals surface area contributed by atoms with Gasteiger partial charge in [-0.2, -0.15) is 22.9 Å². The van der Waals surface area contributed by atoms with E-state index in [4.69, 9.17) is 4.74 Å². The molecule has 7 nitrogen and oxygen atoms in total. The number of para-hydroxylation sites is 1. The zero-order valence-corrected chi connectivity index (χ0v) is 21.7. The van der Waals surface area contributed by atoms with E-state index in [1.54, 1.807) is 36.4 Å². The summed E-state index contributed by atoms with van der Waals surface area (Å²) in [6.07, 6.45) is -3.07.